The van der Waals surface area contributed by atoms with Crippen LogP contribution >= 0.6 is 0 Å². The standard InChI is InChI=1S/C11H15NO6/c1-16-11(15)9-7(6-8(13)18-9)10(14)12-2-4-17-5-3-12/h7,9H,2-6H2,1H3/t7-,9+/m0/s1. The molecule has 0 saturated carbocycles. The van der Waals surface area contributed by atoms with Gasteiger partial charge in [0.15, 0.2) is 0 Å². The minimum Gasteiger partial charge on any atom is -0.466 e. The van der Waals surface area contributed by atoms with Gasteiger partial charge in [-0.05, 0) is 0 Å². The first kappa shape index (κ1) is 12.8. The summed E-state index contributed by atoms with van der Waals surface area (Å²) in [4.78, 5) is 36.5. The highest BCUT2D eigenvalue weighted by Crippen LogP contribution is 2.25. The molecule has 18 heavy (non-hydrogen) atoms. The molecule has 0 aromatic rings. The van der Waals surface area contributed by atoms with E-state index in [2.05, 4.69) is 4.74 Å². The largest absolute Gasteiger partial charge is 0.466 e. The van der Waals surface area contributed by atoms with Crippen molar-refractivity contribution in [3.05, 3.63) is 0 Å². The fraction of sp³-hybridized carbons (Fsp3) is 0.727. The third kappa shape index (κ3) is 2.45. The van der Waals surface area contributed by atoms with Crippen molar-refractivity contribution in [2.24, 2.45) is 5.92 Å². The molecule has 0 radical (unpaired) electrons. The molecule has 0 spiro atoms. The van der Waals surface area contributed by atoms with Gasteiger partial charge in [-0.25, -0.2) is 4.79 Å². The Bertz CT molecular complexity index is 363. The lowest BCUT2D eigenvalue weighted by Crippen LogP contribution is -2.46. The fourth-order valence-electron chi connectivity index (χ4n) is 2.12. The van der Waals surface area contributed by atoms with E-state index in [4.69, 9.17) is 9.47 Å². The van der Waals surface area contributed by atoms with Gasteiger partial charge in [0.25, 0.3) is 0 Å². The number of nitrogens with zero attached hydrogens (tertiary/aromatic N) is 1. The van der Waals surface area contributed by atoms with Crippen LogP contribution in [-0.4, -0.2) is 62.3 Å². The van der Waals surface area contributed by atoms with Gasteiger partial charge >= 0.3 is 11.9 Å². The van der Waals surface area contributed by atoms with E-state index < -0.39 is 24.0 Å². The van der Waals surface area contributed by atoms with E-state index in [1.165, 1.54) is 7.11 Å². The monoisotopic (exact) mass is 257 g/mol. The first-order chi connectivity index (χ1) is 8.63. The topological polar surface area (TPSA) is 82.1 Å². The zero-order valence-corrected chi connectivity index (χ0v) is 10.1. The highest BCUT2D eigenvalue weighted by Gasteiger charge is 2.46. The Morgan fingerprint density at radius 3 is 2.61 bits per heavy atom. The van der Waals surface area contributed by atoms with Gasteiger partial charge < -0.3 is 19.1 Å². The van der Waals surface area contributed by atoms with Gasteiger partial charge in [-0.3, -0.25) is 9.59 Å². The van der Waals surface area contributed by atoms with Gasteiger partial charge in [-0.1, -0.05) is 0 Å². The normalized spacial score (nSPS) is 27.8. The van der Waals surface area contributed by atoms with Crippen LogP contribution in [0.1, 0.15) is 6.42 Å². The number of amides is 1. The van der Waals surface area contributed by atoms with Crippen LogP contribution < -0.4 is 0 Å². The summed E-state index contributed by atoms with van der Waals surface area (Å²) in [6.07, 6.45) is -1.19. The number of carbonyl (C=O) groups excluding carboxylic acids is 3. The summed E-state index contributed by atoms with van der Waals surface area (Å²) < 4.78 is 14.5. The van der Waals surface area contributed by atoms with Crippen molar-refractivity contribution >= 4 is 17.8 Å². The molecular weight excluding hydrogens is 242 g/mol. The summed E-state index contributed by atoms with van der Waals surface area (Å²) in [5.74, 6) is -2.26. The van der Waals surface area contributed by atoms with E-state index >= 15 is 0 Å². The van der Waals surface area contributed by atoms with E-state index in [1.54, 1.807) is 4.90 Å². The predicted octanol–water partition coefficient (Wildman–Crippen LogP) is -1.05. The van der Waals surface area contributed by atoms with Crippen molar-refractivity contribution in [2.45, 2.75) is 12.5 Å². The molecule has 0 aromatic carbocycles. The molecule has 0 unspecified atom stereocenters. The lowest BCUT2D eigenvalue weighted by Gasteiger charge is -2.29. The highest BCUT2D eigenvalue weighted by molar-refractivity contribution is 5.94. The molecule has 0 bridgehead atoms. The van der Waals surface area contributed by atoms with E-state index in [0.29, 0.717) is 26.3 Å². The molecular formula is C11H15NO6. The third-order valence-electron chi connectivity index (χ3n) is 3.08. The molecule has 0 aliphatic carbocycles. The Labute approximate surface area is 104 Å². The summed E-state index contributed by atoms with van der Waals surface area (Å²) in [7, 11) is 1.20. The molecule has 2 saturated heterocycles. The van der Waals surface area contributed by atoms with Gasteiger partial charge in [0.2, 0.25) is 12.0 Å². The van der Waals surface area contributed by atoms with Crippen LogP contribution in [-0.2, 0) is 28.6 Å². The molecule has 2 rings (SSSR count). The first-order valence-electron chi connectivity index (χ1n) is 5.77. The molecule has 100 valence electrons. The highest BCUT2D eigenvalue weighted by atomic mass is 16.6. The molecule has 2 atom stereocenters. The van der Waals surface area contributed by atoms with Gasteiger partial charge in [-0.2, -0.15) is 0 Å². The molecule has 1 amide bonds. The molecule has 2 aliphatic heterocycles. The number of morpholine rings is 1. The zero-order chi connectivity index (χ0) is 13.1. The Balaban J connectivity index is 2.07. The van der Waals surface area contributed by atoms with Crippen molar-refractivity contribution in [2.75, 3.05) is 33.4 Å². The Morgan fingerprint density at radius 2 is 2.00 bits per heavy atom. The van der Waals surface area contributed by atoms with E-state index in [1.807, 2.05) is 0 Å². The van der Waals surface area contributed by atoms with E-state index in [9.17, 15) is 14.4 Å². The fourth-order valence-corrected chi connectivity index (χ4v) is 2.12. The molecule has 0 aromatic heterocycles. The lowest BCUT2D eigenvalue weighted by atomic mass is 9.99. The van der Waals surface area contributed by atoms with Gasteiger partial charge in [0, 0.05) is 13.1 Å². The quantitative estimate of drug-likeness (QED) is 0.587. The van der Waals surface area contributed by atoms with E-state index in [0.717, 1.165) is 0 Å². The average molecular weight is 257 g/mol. The summed E-state index contributed by atoms with van der Waals surface area (Å²) in [6.45, 7) is 1.88. The number of cyclic esters (lactones) is 1. The van der Waals surface area contributed by atoms with Crippen LogP contribution in [0.15, 0.2) is 0 Å². The maximum Gasteiger partial charge on any atom is 0.348 e. The van der Waals surface area contributed by atoms with Crippen LogP contribution in [0.2, 0.25) is 0 Å². The number of hydrogen-bond acceptors (Lipinski definition) is 6. The molecule has 7 nitrogen and oxygen atoms in total. The first-order valence-corrected chi connectivity index (χ1v) is 5.77. The van der Waals surface area contributed by atoms with Crippen molar-refractivity contribution in [1.82, 2.24) is 4.90 Å². The summed E-state index contributed by atoms with van der Waals surface area (Å²) >= 11 is 0. The Hall–Kier alpha value is -1.63. The summed E-state index contributed by atoms with van der Waals surface area (Å²) in [6, 6.07) is 0. The van der Waals surface area contributed by atoms with Crippen LogP contribution in [0, 0.1) is 5.92 Å². The molecule has 2 fully saturated rings. The Kier molecular flexibility index (Phi) is 3.81. The molecule has 2 aliphatic rings. The maximum absolute atomic E-state index is 12.2. The number of esters is 2. The Morgan fingerprint density at radius 1 is 1.33 bits per heavy atom. The summed E-state index contributed by atoms with van der Waals surface area (Å²) in [5, 5.41) is 0. The number of hydrogen-bond donors (Lipinski definition) is 0. The molecule has 2 heterocycles. The van der Waals surface area contributed by atoms with Crippen LogP contribution in [0.25, 0.3) is 0 Å². The van der Waals surface area contributed by atoms with Gasteiger partial charge in [0.1, 0.15) is 0 Å². The average Bonchev–Trinajstić information content (AvgIpc) is 2.80. The van der Waals surface area contributed by atoms with Crippen LogP contribution in [0.5, 0.6) is 0 Å². The molecule has 7 heteroatoms. The minimum absolute atomic E-state index is 0.0735. The number of carbonyl (C=O) groups is 3. The van der Waals surface area contributed by atoms with Crippen molar-refractivity contribution in [3.63, 3.8) is 0 Å². The van der Waals surface area contributed by atoms with E-state index in [-0.39, 0.29) is 12.3 Å². The second kappa shape index (κ2) is 5.34. The van der Waals surface area contributed by atoms with Crippen LogP contribution in [0.3, 0.4) is 0 Å². The third-order valence-corrected chi connectivity index (χ3v) is 3.08. The van der Waals surface area contributed by atoms with Gasteiger partial charge in [0.05, 0.1) is 32.7 Å². The number of rotatable bonds is 2. The molecule has 0 N–H and O–H groups in total. The number of ether oxygens (including phenoxy) is 3. The zero-order valence-electron chi connectivity index (χ0n) is 10.1. The SMILES string of the molecule is COC(=O)[C@@H]1OC(=O)C[C@@H]1C(=O)N1CCOCC1. The summed E-state index contributed by atoms with van der Waals surface area (Å²) in [5.41, 5.74) is 0. The second-order valence-corrected chi connectivity index (χ2v) is 4.18. The lowest BCUT2D eigenvalue weighted by molar-refractivity contribution is -0.163. The van der Waals surface area contributed by atoms with Crippen molar-refractivity contribution < 1.29 is 28.6 Å². The maximum atomic E-state index is 12.2. The van der Waals surface area contributed by atoms with Crippen molar-refractivity contribution in [3.8, 4) is 0 Å². The number of methoxy groups -OCH3 is 1. The van der Waals surface area contributed by atoms with Crippen molar-refractivity contribution in [1.29, 1.82) is 0 Å². The second-order valence-electron chi connectivity index (χ2n) is 4.18. The predicted molar refractivity (Wildman–Crippen MR) is 57.4 cm³/mol. The van der Waals surface area contributed by atoms with Crippen LogP contribution in [0.4, 0.5) is 0 Å². The minimum atomic E-state index is -1.11. The van der Waals surface area contributed by atoms with Gasteiger partial charge in [-0.15, -0.1) is 0 Å². The smallest absolute Gasteiger partial charge is 0.348 e.